The van der Waals surface area contributed by atoms with Crippen molar-refractivity contribution in [1.29, 1.82) is 0 Å². The van der Waals surface area contributed by atoms with Crippen LogP contribution in [0.25, 0.3) is 0 Å². The minimum atomic E-state index is -3.55. The molecule has 0 aliphatic carbocycles. The standard InChI is InChI=1S/C13H23N3O3S/c1-9(2)6-11(8-17)16-10-4-5-13(12(14)7-10)20(18,19)15-3/h4-5,7,9,11,15-17H,6,8,14H2,1-3H3. The van der Waals surface area contributed by atoms with E-state index in [0.717, 1.165) is 6.42 Å². The van der Waals surface area contributed by atoms with Crippen LogP contribution in [0.15, 0.2) is 23.1 Å². The number of aliphatic hydroxyl groups is 1. The van der Waals surface area contributed by atoms with Gasteiger partial charge >= 0.3 is 0 Å². The van der Waals surface area contributed by atoms with Gasteiger partial charge in [0.15, 0.2) is 0 Å². The van der Waals surface area contributed by atoms with Crippen LogP contribution < -0.4 is 15.8 Å². The van der Waals surface area contributed by atoms with Gasteiger partial charge < -0.3 is 16.2 Å². The second-order valence-corrected chi connectivity index (χ2v) is 6.97. The number of nitrogens with two attached hydrogens (primary N) is 1. The molecule has 7 heteroatoms. The topological polar surface area (TPSA) is 104 Å². The van der Waals surface area contributed by atoms with Gasteiger partial charge in [0.25, 0.3) is 0 Å². The summed E-state index contributed by atoms with van der Waals surface area (Å²) < 4.78 is 25.6. The summed E-state index contributed by atoms with van der Waals surface area (Å²) in [4.78, 5) is 0.0509. The van der Waals surface area contributed by atoms with E-state index in [1.165, 1.54) is 13.1 Å². The average molecular weight is 301 g/mol. The van der Waals surface area contributed by atoms with Crippen LogP contribution in [0.5, 0.6) is 0 Å². The number of aliphatic hydroxyl groups excluding tert-OH is 1. The van der Waals surface area contributed by atoms with Crippen molar-refractivity contribution in [3.8, 4) is 0 Å². The van der Waals surface area contributed by atoms with Crippen LogP contribution in [0.1, 0.15) is 20.3 Å². The average Bonchev–Trinajstić information content (AvgIpc) is 2.37. The van der Waals surface area contributed by atoms with Crippen LogP contribution in [-0.4, -0.2) is 33.2 Å². The van der Waals surface area contributed by atoms with Crippen molar-refractivity contribution < 1.29 is 13.5 Å². The Kier molecular flexibility index (Phi) is 5.79. The first kappa shape index (κ1) is 16.7. The van der Waals surface area contributed by atoms with Crippen LogP contribution in [-0.2, 0) is 10.0 Å². The van der Waals surface area contributed by atoms with E-state index < -0.39 is 10.0 Å². The fourth-order valence-corrected chi connectivity index (χ4v) is 2.81. The smallest absolute Gasteiger partial charge is 0.242 e. The lowest BCUT2D eigenvalue weighted by atomic mass is 10.0. The quantitative estimate of drug-likeness (QED) is 0.562. The highest BCUT2D eigenvalue weighted by Crippen LogP contribution is 2.23. The molecule has 1 rings (SSSR count). The molecule has 114 valence electrons. The zero-order valence-corrected chi connectivity index (χ0v) is 12.9. The first-order valence-electron chi connectivity index (χ1n) is 6.50. The highest BCUT2D eigenvalue weighted by atomic mass is 32.2. The van der Waals surface area contributed by atoms with Gasteiger partial charge in [0.2, 0.25) is 10.0 Å². The second-order valence-electron chi connectivity index (χ2n) is 5.11. The molecular formula is C13H23N3O3S. The Morgan fingerprint density at radius 2 is 2.00 bits per heavy atom. The maximum Gasteiger partial charge on any atom is 0.242 e. The van der Waals surface area contributed by atoms with E-state index >= 15 is 0 Å². The number of benzene rings is 1. The molecule has 0 saturated carbocycles. The van der Waals surface area contributed by atoms with Gasteiger partial charge in [-0.15, -0.1) is 0 Å². The monoisotopic (exact) mass is 301 g/mol. The zero-order valence-electron chi connectivity index (χ0n) is 12.1. The van der Waals surface area contributed by atoms with Crippen molar-refractivity contribution >= 4 is 21.4 Å². The SMILES string of the molecule is CNS(=O)(=O)c1ccc(NC(CO)CC(C)C)cc1N. The van der Waals surface area contributed by atoms with Crippen LogP contribution in [0, 0.1) is 5.92 Å². The van der Waals surface area contributed by atoms with Gasteiger partial charge in [-0.05, 0) is 37.6 Å². The molecule has 6 nitrogen and oxygen atoms in total. The van der Waals surface area contributed by atoms with E-state index in [9.17, 15) is 13.5 Å². The molecule has 0 aromatic heterocycles. The van der Waals surface area contributed by atoms with E-state index in [1.54, 1.807) is 12.1 Å². The first-order valence-corrected chi connectivity index (χ1v) is 7.99. The molecule has 0 aliphatic rings. The van der Waals surface area contributed by atoms with Crippen molar-refractivity contribution in [2.45, 2.75) is 31.2 Å². The fraction of sp³-hybridized carbons (Fsp3) is 0.538. The highest BCUT2D eigenvalue weighted by Gasteiger charge is 2.16. The lowest BCUT2D eigenvalue weighted by molar-refractivity contribution is 0.259. The molecule has 0 saturated heterocycles. The van der Waals surface area contributed by atoms with Crippen molar-refractivity contribution in [2.24, 2.45) is 5.92 Å². The molecule has 1 unspecified atom stereocenters. The van der Waals surface area contributed by atoms with E-state index in [2.05, 4.69) is 23.9 Å². The van der Waals surface area contributed by atoms with E-state index in [0.29, 0.717) is 11.6 Å². The predicted octanol–water partition coefficient (Wildman–Crippen LogP) is 0.996. The van der Waals surface area contributed by atoms with Crippen LogP contribution >= 0.6 is 0 Å². The van der Waals surface area contributed by atoms with E-state index in [-0.39, 0.29) is 23.2 Å². The summed E-state index contributed by atoms with van der Waals surface area (Å²) >= 11 is 0. The van der Waals surface area contributed by atoms with Crippen molar-refractivity contribution in [2.75, 3.05) is 24.7 Å². The van der Waals surface area contributed by atoms with Gasteiger partial charge in [0, 0.05) is 11.7 Å². The van der Waals surface area contributed by atoms with Gasteiger partial charge in [0.1, 0.15) is 4.90 Å². The summed E-state index contributed by atoms with van der Waals surface area (Å²) in [7, 11) is -2.21. The van der Waals surface area contributed by atoms with Gasteiger partial charge in [-0.25, -0.2) is 13.1 Å². The third-order valence-electron chi connectivity index (χ3n) is 2.92. The molecule has 0 heterocycles. The third kappa shape index (κ3) is 4.36. The highest BCUT2D eigenvalue weighted by molar-refractivity contribution is 7.89. The van der Waals surface area contributed by atoms with Crippen molar-refractivity contribution in [3.05, 3.63) is 18.2 Å². The largest absolute Gasteiger partial charge is 0.398 e. The normalized spacial score (nSPS) is 13.4. The molecule has 0 radical (unpaired) electrons. The summed E-state index contributed by atoms with van der Waals surface area (Å²) in [5, 5.41) is 12.5. The van der Waals surface area contributed by atoms with Crippen LogP contribution in [0.2, 0.25) is 0 Å². The molecule has 20 heavy (non-hydrogen) atoms. The van der Waals surface area contributed by atoms with Gasteiger partial charge in [-0.2, -0.15) is 0 Å². The number of nitrogen functional groups attached to an aromatic ring is 1. The molecule has 0 aliphatic heterocycles. The summed E-state index contributed by atoms with van der Waals surface area (Å²) in [6, 6.07) is 4.57. The Labute approximate surface area is 120 Å². The van der Waals surface area contributed by atoms with E-state index in [1.807, 2.05) is 0 Å². The number of anilines is 2. The Bertz CT molecular complexity index is 544. The molecule has 1 aromatic carbocycles. The Morgan fingerprint density at radius 3 is 2.45 bits per heavy atom. The minimum absolute atomic E-state index is 0.00858. The number of sulfonamides is 1. The van der Waals surface area contributed by atoms with Crippen LogP contribution in [0.3, 0.4) is 0 Å². The molecule has 1 aromatic rings. The molecule has 5 N–H and O–H groups in total. The summed E-state index contributed by atoms with van der Waals surface area (Å²) in [6.07, 6.45) is 0.812. The molecule has 1 atom stereocenters. The molecule has 0 bridgehead atoms. The Balaban J connectivity index is 2.92. The zero-order chi connectivity index (χ0) is 15.3. The summed E-state index contributed by atoms with van der Waals surface area (Å²) in [6.45, 7) is 4.15. The minimum Gasteiger partial charge on any atom is -0.398 e. The Hall–Kier alpha value is -1.31. The number of hydrogen-bond donors (Lipinski definition) is 4. The van der Waals surface area contributed by atoms with Crippen molar-refractivity contribution in [3.63, 3.8) is 0 Å². The predicted molar refractivity (Wildman–Crippen MR) is 81.1 cm³/mol. The van der Waals surface area contributed by atoms with Crippen molar-refractivity contribution in [1.82, 2.24) is 4.72 Å². The second kappa shape index (κ2) is 6.92. The van der Waals surface area contributed by atoms with E-state index in [4.69, 9.17) is 5.73 Å². The summed E-state index contributed by atoms with van der Waals surface area (Å²) in [5.74, 6) is 0.445. The first-order chi connectivity index (χ1) is 9.30. The molecule has 0 amide bonds. The third-order valence-corrected chi connectivity index (χ3v) is 4.40. The molecule has 0 fully saturated rings. The Morgan fingerprint density at radius 1 is 1.35 bits per heavy atom. The molecule has 0 spiro atoms. The van der Waals surface area contributed by atoms with Crippen LogP contribution in [0.4, 0.5) is 11.4 Å². The lowest BCUT2D eigenvalue weighted by Gasteiger charge is -2.20. The molecular weight excluding hydrogens is 278 g/mol. The summed E-state index contributed by atoms with van der Waals surface area (Å²) in [5.41, 5.74) is 6.64. The lowest BCUT2D eigenvalue weighted by Crippen LogP contribution is -2.26. The van der Waals surface area contributed by atoms with Gasteiger partial charge in [-0.1, -0.05) is 13.8 Å². The maximum atomic E-state index is 11.7. The van der Waals surface area contributed by atoms with Gasteiger partial charge in [0.05, 0.1) is 12.3 Å². The fourth-order valence-electron chi connectivity index (χ4n) is 1.98. The number of nitrogens with one attached hydrogen (secondary N) is 2. The number of hydrogen-bond acceptors (Lipinski definition) is 5. The van der Waals surface area contributed by atoms with Gasteiger partial charge in [-0.3, -0.25) is 0 Å². The maximum absolute atomic E-state index is 11.7. The number of rotatable bonds is 7.